The van der Waals surface area contributed by atoms with Gasteiger partial charge in [-0.25, -0.2) is 0 Å². The fourth-order valence-corrected chi connectivity index (χ4v) is 3.21. The summed E-state index contributed by atoms with van der Waals surface area (Å²) in [6, 6.07) is 7.08. The van der Waals surface area contributed by atoms with Crippen LogP contribution in [-0.4, -0.2) is 32.3 Å². The number of hydrogen-bond acceptors (Lipinski definition) is 3. The Labute approximate surface area is 130 Å². The van der Waals surface area contributed by atoms with Gasteiger partial charge in [-0.05, 0) is 60.4 Å². The molecule has 2 atom stereocenters. The van der Waals surface area contributed by atoms with E-state index in [0.29, 0.717) is 12.1 Å². The fourth-order valence-electron chi connectivity index (χ4n) is 2.56. The maximum Gasteiger partial charge on any atom is 0.0722 e. The first kappa shape index (κ1) is 15.8. The minimum absolute atomic E-state index is 0.306. The van der Waals surface area contributed by atoms with Crippen molar-refractivity contribution in [3.63, 3.8) is 0 Å². The summed E-state index contributed by atoms with van der Waals surface area (Å²) in [5.41, 5.74) is 2.60. The summed E-state index contributed by atoms with van der Waals surface area (Å²) in [6.45, 7) is 10.3. The van der Waals surface area contributed by atoms with Crippen molar-refractivity contribution in [2.45, 2.75) is 39.3 Å². The summed E-state index contributed by atoms with van der Waals surface area (Å²) in [7, 11) is 0. The van der Waals surface area contributed by atoms with Gasteiger partial charge in [0.1, 0.15) is 0 Å². The Morgan fingerprint density at radius 3 is 2.95 bits per heavy atom. The third-order valence-electron chi connectivity index (χ3n) is 3.75. The first-order valence-corrected chi connectivity index (χ1v) is 8.30. The quantitative estimate of drug-likeness (QED) is 0.883. The van der Waals surface area contributed by atoms with Crippen molar-refractivity contribution in [3.8, 4) is 0 Å². The molecule has 1 aromatic rings. The number of nitrogens with one attached hydrogen (secondary N) is 1. The molecule has 1 aromatic carbocycles. The van der Waals surface area contributed by atoms with E-state index in [-0.39, 0.29) is 0 Å². The normalized spacial score (nSPS) is 21.0. The Kier molecular flexibility index (Phi) is 5.87. The van der Waals surface area contributed by atoms with Gasteiger partial charge in [0.2, 0.25) is 0 Å². The predicted octanol–water partition coefficient (Wildman–Crippen LogP) is 3.73. The highest BCUT2D eigenvalue weighted by Gasteiger charge is 2.19. The molecular weight excluding hydrogens is 316 g/mol. The van der Waals surface area contributed by atoms with E-state index in [0.717, 1.165) is 32.7 Å². The minimum atomic E-state index is 0.306. The van der Waals surface area contributed by atoms with Crippen LogP contribution in [0.2, 0.25) is 0 Å². The molecule has 20 heavy (non-hydrogen) atoms. The number of hydrogen-bond donors (Lipinski definition) is 1. The minimum Gasteiger partial charge on any atom is -0.375 e. The molecule has 1 aliphatic rings. The van der Waals surface area contributed by atoms with Gasteiger partial charge in [0.15, 0.2) is 0 Å². The van der Waals surface area contributed by atoms with Crippen molar-refractivity contribution >= 4 is 21.6 Å². The lowest BCUT2D eigenvalue weighted by molar-refractivity contribution is 0.0532. The van der Waals surface area contributed by atoms with Crippen LogP contribution in [0.4, 0.5) is 5.69 Å². The first-order chi connectivity index (χ1) is 9.61. The van der Waals surface area contributed by atoms with Gasteiger partial charge in [-0.3, -0.25) is 0 Å². The predicted molar refractivity (Wildman–Crippen MR) is 88.5 cm³/mol. The van der Waals surface area contributed by atoms with Gasteiger partial charge < -0.3 is 15.0 Å². The molecule has 0 radical (unpaired) electrons. The molecule has 0 spiro atoms. The van der Waals surface area contributed by atoms with Crippen molar-refractivity contribution < 1.29 is 4.74 Å². The topological polar surface area (TPSA) is 24.5 Å². The van der Waals surface area contributed by atoms with E-state index in [2.05, 4.69) is 65.1 Å². The number of benzene rings is 1. The van der Waals surface area contributed by atoms with Gasteiger partial charge >= 0.3 is 0 Å². The average Bonchev–Trinajstić information content (AvgIpc) is 2.44. The van der Waals surface area contributed by atoms with Crippen LogP contribution < -0.4 is 10.2 Å². The SMILES string of the molecule is CCCNC(C)c1ccc(N2CCOC(C)C2)c(Br)c1. The van der Waals surface area contributed by atoms with Crippen molar-refractivity contribution in [2.24, 2.45) is 0 Å². The molecule has 3 nitrogen and oxygen atoms in total. The molecule has 0 aromatic heterocycles. The van der Waals surface area contributed by atoms with E-state index >= 15 is 0 Å². The number of rotatable bonds is 5. The van der Waals surface area contributed by atoms with Gasteiger partial charge in [0, 0.05) is 23.6 Å². The average molecular weight is 341 g/mol. The Morgan fingerprint density at radius 2 is 2.30 bits per heavy atom. The lowest BCUT2D eigenvalue weighted by Crippen LogP contribution is -2.41. The van der Waals surface area contributed by atoms with E-state index in [4.69, 9.17) is 4.74 Å². The fraction of sp³-hybridized carbons (Fsp3) is 0.625. The molecule has 0 bridgehead atoms. The highest BCUT2D eigenvalue weighted by atomic mass is 79.9. The second kappa shape index (κ2) is 7.43. The summed E-state index contributed by atoms with van der Waals surface area (Å²) < 4.78 is 6.78. The summed E-state index contributed by atoms with van der Waals surface area (Å²) in [5.74, 6) is 0. The van der Waals surface area contributed by atoms with Gasteiger partial charge in [-0.15, -0.1) is 0 Å². The molecule has 112 valence electrons. The van der Waals surface area contributed by atoms with E-state index in [1.54, 1.807) is 0 Å². The molecule has 1 heterocycles. The maximum atomic E-state index is 5.61. The summed E-state index contributed by atoms with van der Waals surface area (Å²) >= 11 is 3.73. The van der Waals surface area contributed by atoms with E-state index in [1.807, 2.05) is 0 Å². The van der Waals surface area contributed by atoms with Gasteiger partial charge in [0.05, 0.1) is 18.4 Å². The maximum absolute atomic E-state index is 5.61. The van der Waals surface area contributed by atoms with Crippen molar-refractivity contribution in [1.29, 1.82) is 0 Å². The molecule has 0 saturated carbocycles. The Balaban J connectivity index is 2.09. The molecule has 0 aliphatic carbocycles. The Bertz CT molecular complexity index is 438. The Morgan fingerprint density at radius 1 is 1.50 bits per heavy atom. The Hall–Kier alpha value is -0.580. The monoisotopic (exact) mass is 340 g/mol. The number of anilines is 1. The van der Waals surface area contributed by atoms with Crippen LogP contribution in [0.3, 0.4) is 0 Å². The summed E-state index contributed by atoms with van der Waals surface area (Å²) in [4.78, 5) is 2.40. The van der Waals surface area contributed by atoms with Crippen LogP contribution in [0.25, 0.3) is 0 Å². The van der Waals surface area contributed by atoms with Gasteiger partial charge in [-0.2, -0.15) is 0 Å². The highest BCUT2D eigenvalue weighted by Crippen LogP contribution is 2.30. The van der Waals surface area contributed by atoms with Gasteiger partial charge in [-0.1, -0.05) is 13.0 Å². The third kappa shape index (κ3) is 3.96. The van der Waals surface area contributed by atoms with Crippen LogP contribution in [0, 0.1) is 0 Å². The lowest BCUT2D eigenvalue weighted by Gasteiger charge is -2.33. The number of nitrogens with zero attached hydrogens (tertiary/aromatic N) is 1. The largest absolute Gasteiger partial charge is 0.375 e. The van der Waals surface area contributed by atoms with E-state index in [9.17, 15) is 0 Å². The molecule has 2 unspecified atom stereocenters. The summed E-state index contributed by atoms with van der Waals surface area (Å²) in [6.07, 6.45) is 1.47. The number of halogens is 1. The van der Waals surface area contributed by atoms with Crippen LogP contribution in [0.15, 0.2) is 22.7 Å². The van der Waals surface area contributed by atoms with Crippen LogP contribution in [0.5, 0.6) is 0 Å². The van der Waals surface area contributed by atoms with Crippen molar-refractivity contribution in [3.05, 3.63) is 28.2 Å². The second-order valence-corrected chi connectivity index (χ2v) is 6.37. The molecular formula is C16H25BrN2O. The number of morpholine rings is 1. The molecule has 2 rings (SSSR count). The standard InChI is InChI=1S/C16H25BrN2O/c1-4-7-18-13(3)14-5-6-16(15(17)10-14)19-8-9-20-12(2)11-19/h5-6,10,12-13,18H,4,7-9,11H2,1-3H3. The lowest BCUT2D eigenvalue weighted by atomic mass is 10.1. The van der Waals surface area contributed by atoms with Gasteiger partial charge in [0.25, 0.3) is 0 Å². The smallest absolute Gasteiger partial charge is 0.0722 e. The first-order valence-electron chi connectivity index (χ1n) is 7.51. The molecule has 1 aliphatic heterocycles. The van der Waals surface area contributed by atoms with Crippen LogP contribution >= 0.6 is 15.9 Å². The van der Waals surface area contributed by atoms with E-state index in [1.165, 1.54) is 15.7 Å². The summed E-state index contributed by atoms with van der Waals surface area (Å²) in [5, 5.41) is 3.53. The third-order valence-corrected chi connectivity index (χ3v) is 4.39. The zero-order valence-electron chi connectivity index (χ0n) is 12.7. The molecule has 0 amide bonds. The van der Waals surface area contributed by atoms with Crippen molar-refractivity contribution in [1.82, 2.24) is 5.32 Å². The molecule has 1 N–H and O–H groups in total. The van der Waals surface area contributed by atoms with Crippen LogP contribution in [0.1, 0.15) is 38.8 Å². The number of ether oxygens (including phenoxy) is 1. The molecule has 1 saturated heterocycles. The van der Waals surface area contributed by atoms with Crippen molar-refractivity contribution in [2.75, 3.05) is 31.1 Å². The highest BCUT2D eigenvalue weighted by molar-refractivity contribution is 9.10. The van der Waals surface area contributed by atoms with Crippen LogP contribution in [-0.2, 0) is 4.74 Å². The zero-order valence-corrected chi connectivity index (χ0v) is 14.2. The zero-order chi connectivity index (χ0) is 14.5. The second-order valence-electron chi connectivity index (χ2n) is 5.51. The molecule has 1 fully saturated rings. The van der Waals surface area contributed by atoms with E-state index < -0.39 is 0 Å². The molecule has 4 heteroatoms.